The fourth-order valence-corrected chi connectivity index (χ4v) is 2.10. The van der Waals surface area contributed by atoms with Crippen LogP contribution < -0.4 is 5.32 Å². The van der Waals surface area contributed by atoms with Crippen LogP contribution in [0.4, 0.5) is 5.82 Å². The number of likely N-dealkylation sites (tertiary alicyclic amines) is 1. The molecule has 0 aromatic carbocycles. The van der Waals surface area contributed by atoms with Crippen molar-refractivity contribution in [2.24, 2.45) is 7.05 Å². The summed E-state index contributed by atoms with van der Waals surface area (Å²) in [4.78, 5) is 2.51. The van der Waals surface area contributed by atoms with E-state index < -0.39 is 0 Å². The minimum Gasteiger partial charge on any atom is -0.366 e. The summed E-state index contributed by atoms with van der Waals surface area (Å²) >= 11 is 0. The van der Waals surface area contributed by atoms with Crippen LogP contribution in [0.1, 0.15) is 20.3 Å². The van der Waals surface area contributed by atoms with Crippen molar-refractivity contribution >= 4 is 5.82 Å². The zero-order valence-corrected chi connectivity index (χ0v) is 9.77. The summed E-state index contributed by atoms with van der Waals surface area (Å²) in [6.45, 7) is 6.86. The first kappa shape index (κ1) is 10.5. The van der Waals surface area contributed by atoms with E-state index in [9.17, 15) is 0 Å². The van der Waals surface area contributed by atoms with E-state index in [1.54, 1.807) is 0 Å². The number of anilines is 1. The van der Waals surface area contributed by atoms with Crippen LogP contribution >= 0.6 is 0 Å². The molecule has 0 spiro atoms. The molecule has 1 saturated heterocycles. The Labute approximate surface area is 91.3 Å². The minimum absolute atomic E-state index is 0.572. The molecular weight excluding hydrogens is 188 g/mol. The van der Waals surface area contributed by atoms with Gasteiger partial charge in [-0.05, 0) is 20.3 Å². The quantitative estimate of drug-likeness (QED) is 0.813. The van der Waals surface area contributed by atoms with Gasteiger partial charge in [0, 0.05) is 38.3 Å². The van der Waals surface area contributed by atoms with E-state index in [0.29, 0.717) is 12.1 Å². The Balaban J connectivity index is 1.90. The number of aromatic nitrogens is 2. The van der Waals surface area contributed by atoms with E-state index in [0.717, 1.165) is 12.4 Å². The van der Waals surface area contributed by atoms with Gasteiger partial charge >= 0.3 is 0 Å². The van der Waals surface area contributed by atoms with Crippen molar-refractivity contribution in [1.29, 1.82) is 0 Å². The largest absolute Gasteiger partial charge is 0.366 e. The third-order valence-electron chi connectivity index (χ3n) is 3.12. The van der Waals surface area contributed by atoms with Crippen molar-refractivity contribution in [2.45, 2.75) is 32.4 Å². The molecule has 1 unspecified atom stereocenters. The van der Waals surface area contributed by atoms with Gasteiger partial charge in [-0.15, -0.1) is 0 Å². The van der Waals surface area contributed by atoms with Gasteiger partial charge in [0.25, 0.3) is 0 Å². The molecular formula is C11H20N4. The Bertz CT molecular complexity index is 318. The van der Waals surface area contributed by atoms with E-state index in [1.807, 2.05) is 24.0 Å². The number of hydrogen-bond acceptors (Lipinski definition) is 3. The fraction of sp³-hybridized carbons (Fsp3) is 0.727. The predicted molar refractivity (Wildman–Crippen MR) is 61.9 cm³/mol. The van der Waals surface area contributed by atoms with Gasteiger partial charge in [-0.1, -0.05) is 0 Å². The van der Waals surface area contributed by atoms with Gasteiger partial charge in [0.15, 0.2) is 0 Å². The van der Waals surface area contributed by atoms with Crippen LogP contribution in [0.25, 0.3) is 0 Å². The normalized spacial score (nSPS) is 22.5. The molecule has 15 heavy (non-hydrogen) atoms. The van der Waals surface area contributed by atoms with Gasteiger partial charge in [0.1, 0.15) is 5.82 Å². The van der Waals surface area contributed by atoms with Gasteiger partial charge < -0.3 is 5.32 Å². The Morgan fingerprint density at radius 2 is 2.33 bits per heavy atom. The molecule has 0 saturated carbocycles. The first-order valence-electron chi connectivity index (χ1n) is 5.65. The molecule has 1 N–H and O–H groups in total. The minimum atomic E-state index is 0.572. The first-order valence-corrected chi connectivity index (χ1v) is 5.65. The molecule has 0 bridgehead atoms. The van der Waals surface area contributed by atoms with Gasteiger partial charge in [-0.25, -0.2) is 0 Å². The molecule has 2 rings (SSSR count). The van der Waals surface area contributed by atoms with Gasteiger partial charge in [0.2, 0.25) is 0 Å². The number of rotatable bonds is 3. The standard InChI is InChI=1S/C11H20N4/c1-9(2)15-7-5-10(8-15)13-11-4-6-12-14(11)3/h4,6,9-10,13H,5,7-8H2,1-3H3. The molecule has 1 aromatic heterocycles. The lowest BCUT2D eigenvalue weighted by Gasteiger charge is -2.20. The monoisotopic (exact) mass is 208 g/mol. The van der Waals surface area contributed by atoms with Crippen LogP contribution in [0.15, 0.2) is 12.3 Å². The maximum Gasteiger partial charge on any atom is 0.124 e. The maximum absolute atomic E-state index is 4.15. The Morgan fingerprint density at radius 1 is 1.53 bits per heavy atom. The highest BCUT2D eigenvalue weighted by Crippen LogP contribution is 2.16. The van der Waals surface area contributed by atoms with E-state index in [2.05, 4.69) is 29.2 Å². The fourth-order valence-electron chi connectivity index (χ4n) is 2.10. The first-order chi connectivity index (χ1) is 7.16. The number of aryl methyl sites for hydroxylation is 1. The second-order valence-corrected chi connectivity index (χ2v) is 4.56. The highest BCUT2D eigenvalue weighted by atomic mass is 15.3. The molecule has 1 aromatic rings. The molecule has 2 heterocycles. The van der Waals surface area contributed by atoms with Crippen molar-refractivity contribution in [3.8, 4) is 0 Å². The summed E-state index contributed by atoms with van der Waals surface area (Å²) in [5.74, 6) is 1.12. The van der Waals surface area contributed by atoms with Crippen LogP contribution in [0.5, 0.6) is 0 Å². The Kier molecular flexibility index (Phi) is 2.95. The zero-order valence-electron chi connectivity index (χ0n) is 9.77. The van der Waals surface area contributed by atoms with Crippen LogP contribution in [0.2, 0.25) is 0 Å². The van der Waals surface area contributed by atoms with Crippen molar-refractivity contribution < 1.29 is 0 Å². The third kappa shape index (κ3) is 2.31. The number of nitrogens with zero attached hydrogens (tertiary/aromatic N) is 3. The third-order valence-corrected chi connectivity index (χ3v) is 3.12. The Hall–Kier alpha value is -1.03. The number of nitrogens with one attached hydrogen (secondary N) is 1. The lowest BCUT2D eigenvalue weighted by Crippen LogP contribution is -2.31. The lowest BCUT2D eigenvalue weighted by molar-refractivity contribution is 0.274. The smallest absolute Gasteiger partial charge is 0.124 e. The van der Waals surface area contributed by atoms with Crippen molar-refractivity contribution in [1.82, 2.24) is 14.7 Å². The number of hydrogen-bond donors (Lipinski definition) is 1. The highest BCUT2D eigenvalue weighted by molar-refractivity contribution is 5.35. The summed E-state index contributed by atoms with van der Waals surface area (Å²) < 4.78 is 1.89. The molecule has 0 amide bonds. The van der Waals surface area contributed by atoms with Crippen LogP contribution in [-0.4, -0.2) is 39.9 Å². The Morgan fingerprint density at radius 3 is 2.87 bits per heavy atom. The molecule has 84 valence electrons. The maximum atomic E-state index is 4.15. The van der Waals surface area contributed by atoms with Crippen LogP contribution in [-0.2, 0) is 7.05 Å². The van der Waals surface area contributed by atoms with E-state index in [1.165, 1.54) is 13.0 Å². The average Bonchev–Trinajstić information content (AvgIpc) is 2.77. The van der Waals surface area contributed by atoms with Crippen molar-refractivity contribution in [2.75, 3.05) is 18.4 Å². The molecule has 0 aliphatic carbocycles. The van der Waals surface area contributed by atoms with Gasteiger partial charge in [-0.2, -0.15) is 5.10 Å². The zero-order chi connectivity index (χ0) is 10.8. The molecule has 1 aliphatic heterocycles. The molecule has 4 heteroatoms. The van der Waals surface area contributed by atoms with E-state index >= 15 is 0 Å². The molecule has 1 aliphatic rings. The second-order valence-electron chi connectivity index (χ2n) is 4.56. The average molecular weight is 208 g/mol. The molecule has 4 nitrogen and oxygen atoms in total. The lowest BCUT2D eigenvalue weighted by atomic mass is 10.2. The van der Waals surface area contributed by atoms with Crippen molar-refractivity contribution in [3.05, 3.63) is 12.3 Å². The second kappa shape index (κ2) is 4.23. The molecule has 1 atom stereocenters. The molecule has 1 fully saturated rings. The van der Waals surface area contributed by atoms with Crippen LogP contribution in [0, 0.1) is 0 Å². The van der Waals surface area contributed by atoms with Crippen LogP contribution in [0.3, 0.4) is 0 Å². The van der Waals surface area contributed by atoms with E-state index in [4.69, 9.17) is 0 Å². The highest BCUT2D eigenvalue weighted by Gasteiger charge is 2.24. The SMILES string of the molecule is CC(C)N1CCC(Nc2ccnn2C)C1. The summed E-state index contributed by atoms with van der Waals surface area (Å²) in [6.07, 6.45) is 3.06. The summed E-state index contributed by atoms with van der Waals surface area (Å²) in [7, 11) is 1.97. The summed E-state index contributed by atoms with van der Waals surface area (Å²) in [5, 5.41) is 7.69. The summed E-state index contributed by atoms with van der Waals surface area (Å²) in [6, 6.07) is 3.25. The van der Waals surface area contributed by atoms with Gasteiger partial charge in [-0.3, -0.25) is 9.58 Å². The topological polar surface area (TPSA) is 33.1 Å². The predicted octanol–water partition coefficient (Wildman–Crippen LogP) is 1.31. The summed E-state index contributed by atoms with van der Waals surface area (Å²) in [5.41, 5.74) is 0. The van der Waals surface area contributed by atoms with Gasteiger partial charge in [0.05, 0.1) is 6.20 Å². The van der Waals surface area contributed by atoms with E-state index in [-0.39, 0.29) is 0 Å². The van der Waals surface area contributed by atoms with Crippen molar-refractivity contribution in [3.63, 3.8) is 0 Å². The molecule has 0 radical (unpaired) electrons.